The number of aromatic nitrogens is 2. The molecular weight excluding hydrogens is 220 g/mol. The SMILES string of the molecule is Cl.c1cncc(-n2ccc3ccccc32)c1. The Hall–Kier alpha value is -1.80. The van der Waals surface area contributed by atoms with E-state index in [0.29, 0.717) is 0 Å². The maximum atomic E-state index is 4.13. The van der Waals surface area contributed by atoms with Gasteiger partial charge in [0.1, 0.15) is 0 Å². The highest BCUT2D eigenvalue weighted by Crippen LogP contribution is 2.18. The van der Waals surface area contributed by atoms with Crippen LogP contribution in [0.1, 0.15) is 0 Å². The van der Waals surface area contributed by atoms with E-state index in [-0.39, 0.29) is 12.4 Å². The van der Waals surface area contributed by atoms with E-state index < -0.39 is 0 Å². The van der Waals surface area contributed by atoms with Crippen molar-refractivity contribution < 1.29 is 0 Å². The number of para-hydroxylation sites is 1. The van der Waals surface area contributed by atoms with Crippen molar-refractivity contribution in [2.24, 2.45) is 0 Å². The Morgan fingerprint density at radius 1 is 0.938 bits per heavy atom. The van der Waals surface area contributed by atoms with Crippen LogP contribution in [0.15, 0.2) is 61.1 Å². The lowest BCUT2D eigenvalue weighted by Crippen LogP contribution is -1.91. The van der Waals surface area contributed by atoms with Crippen LogP contribution in [0.2, 0.25) is 0 Å². The molecule has 0 unspecified atom stereocenters. The summed E-state index contributed by atoms with van der Waals surface area (Å²) in [4.78, 5) is 4.13. The average molecular weight is 231 g/mol. The number of pyridine rings is 1. The zero-order valence-corrected chi connectivity index (χ0v) is 9.39. The predicted molar refractivity (Wildman–Crippen MR) is 68.3 cm³/mol. The molecule has 0 aliphatic rings. The van der Waals surface area contributed by atoms with Crippen LogP contribution in [-0.2, 0) is 0 Å². The van der Waals surface area contributed by atoms with Crippen LogP contribution < -0.4 is 0 Å². The molecular formula is C13H11ClN2. The molecule has 80 valence electrons. The Labute approximate surface area is 100.0 Å². The number of nitrogens with zero attached hydrogens (tertiary/aromatic N) is 2. The number of hydrogen-bond donors (Lipinski definition) is 0. The Bertz CT molecular complexity index is 587. The lowest BCUT2D eigenvalue weighted by molar-refractivity contribution is 1.10. The molecule has 0 saturated carbocycles. The van der Waals surface area contributed by atoms with Crippen LogP contribution in [0.25, 0.3) is 16.6 Å². The monoisotopic (exact) mass is 230 g/mol. The summed E-state index contributed by atoms with van der Waals surface area (Å²) in [6.45, 7) is 0. The third-order valence-corrected chi connectivity index (χ3v) is 2.52. The van der Waals surface area contributed by atoms with Crippen LogP contribution in [0.5, 0.6) is 0 Å². The van der Waals surface area contributed by atoms with Gasteiger partial charge in [0.25, 0.3) is 0 Å². The molecule has 0 saturated heterocycles. The van der Waals surface area contributed by atoms with Gasteiger partial charge in [0, 0.05) is 12.4 Å². The third-order valence-electron chi connectivity index (χ3n) is 2.52. The molecule has 3 rings (SSSR count). The van der Waals surface area contributed by atoms with Gasteiger partial charge in [-0.1, -0.05) is 18.2 Å². The van der Waals surface area contributed by atoms with Gasteiger partial charge in [0.15, 0.2) is 0 Å². The topological polar surface area (TPSA) is 17.8 Å². The van der Waals surface area contributed by atoms with Crippen LogP contribution in [0.3, 0.4) is 0 Å². The smallest absolute Gasteiger partial charge is 0.0639 e. The van der Waals surface area contributed by atoms with Crippen molar-refractivity contribution in [1.82, 2.24) is 9.55 Å². The highest BCUT2D eigenvalue weighted by molar-refractivity contribution is 5.85. The van der Waals surface area contributed by atoms with Crippen molar-refractivity contribution >= 4 is 23.3 Å². The van der Waals surface area contributed by atoms with Gasteiger partial charge in [-0.25, -0.2) is 0 Å². The molecule has 2 aromatic heterocycles. The van der Waals surface area contributed by atoms with Gasteiger partial charge >= 0.3 is 0 Å². The van der Waals surface area contributed by atoms with Gasteiger partial charge in [0.2, 0.25) is 0 Å². The summed E-state index contributed by atoms with van der Waals surface area (Å²) in [7, 11) is 0. The van der Waals surface area contributed by atoms with E-state index in [1.807, 2.05) is 12.3 Å². The number of halogens is 1. The molecule has 1 aromatic carbocycles. The zero-order chi connectivity index (χ0) is 10.1. The second-order valence-electron chi connectivity index (χ2n) is 3.46. The predicted octanol–water partition coefficient (Wildman–Crippen LogP) is 3.45. The summed E-state index contributed by atoms with van der Waals surface area (Å²) in [6.07, 6.45) is 5.73. The summed E-state index contributed by atoms with van der Waals surface area (Å²) in [5.74, 6) is 0. The van der Waals surface area contributed by atoms with E-state index in [1.165, 1.54) is 10.9 Å². The lowest BCUT2D eigenvalue weighted by Gasteiger charge is -2.03. The Balaban J connectivity index is 0.000000963. The third kappa shape index (κ3) is 1.68. The molecule has 0 atom stereocenters. The maximum Gasteiger partial charge on any atom is 0.0639 e. The summed E-state index contributed by atoms with van der Waals surface area (Å²) < 4.78 is 2.14. The van der Waals surface area contributed by atoms with Crippen molar-refractivity contribution in [3.8, 4) is 5.69 Å². The normalized spacial score (nSPS) is 10.0. The van der Waals surface area contributed by atoms with E-state index in [4.69, 9.17) is 0 Å². The second kappa shape index (κ2) is 4.37. The first-order valence-corrected chi connectivity index (χ1v) is 4.92. The highest BCUT2D eigenvalue weighted by Gasteiger charge is 2.00. The molecule has 2 heterocycles. The fourth-order valence-corrected chi connectivity index (χ4v) is 1.80. The average Bonchev–Trinajstić information content (AvgIpc) is 2.74. The number of hydrogen-bond acceptors (Lipinski definition) is 1. The molecule has 3 aromatic rings. The van der Waals surface area contributed by atoms with Crippen LogP contribution in [0, 0.1) is 0 Å². The second-order valence-corrected chi connectivity index (χ2v) is 3.46. The van der Waals surface area contributed by atoms with Crippen molar-refractivity contribution in [3.05, 3.63) is 61.1 Å². The first-order valence-electron chi connectivity index (χ1n) is 4.92. The maximum absolute atomic E-state index is 4.13. The fourth-order valence-electron chi connectivity index (χ4n) is 1.80. The molecule has 0 bridgehead atoms. The minimum Gasteiger partial charge on any atom is -0.315 e. The Morgan fingerprint density at radius 3 is 2.62 bits per heavy atom. The highest BCUT2D eigenvalue weighted by atomic mass is 35.5. The quantitative estimate of drug-likeness (QED) is 0.626. The fraction of sp³-hybridized carbons (Fsp3) is 0. The Morgan fingerprint density at radius 2 is 1.81 bits per heavy atom. The molecule has 0 aliphatic heterocycles. The molecule has 0 radical (unpaired) electrons. The molecule has 0 N–H and O–H groups in total. The van der Waals surface area contributed by atoms with Crippen molar-refractivity contribution in [3.63, 3.8) is 0 Å². The van der Waals surface area contributed by atoms with E-state index in [1.54, 1.807) is 6.20 Å². The molecule has 0 spiro atoms. The lowest BCUT2D eigenvalue weighted by atomic mass is 10.2. The number of fused-ring (bicyclic) bond motifs is 1. The van der Waals surface area contributed by atoms with E-state index in [0.717, 1.165) is 5.69 Å². The summed E-state index contributed by atoms with van der Waals surface area (Å²) >= 11 is 0. The molecule has 0 fully saturated rings. The van der Waals surface area contributed by atoms with E-state index in [9.17, 15) is 0 Å². The van der Waals surface area contributed by atoms with Gasteiger partial charge in [0.05, 0.1) is 17.4 Å². The molecule has 16 heavy (non-hydrogen) atoms. The van der Waals surface area contributed by atoms with Crippen LogP contribution >= 0.6 is 12.4 Å². The largest absolute Gasteiger partial charge is 0.315 e. The minimum atomic E-state index is 0. The first-order chi connectivity index (χ1) is 7.45. The minimum absolute atomic E-state index is 0. The number of benzene rings is 1. The van der Waals surface area contributed by atoms with Crippen molar-refractivity contribution in [2.75, 3.05) is 0 Å². The van der Waals surface area contributed by atoms with Gasteiger partial charge in [-0.3, -0.25) is 4.98 Å². The first kappa shape index (κ1) is 10.7. The van der Waals surface area contributed by atoms with Gasteiger partial charge in [-0.05, 0) is 29.7 Å². The van der Waals surface area contributed by atoms with Gasteiger partial charge < -0.3 is 4.57 Å². The zero-order valence-electron chi connectivity index (χ0n) is 8.58. The van der Waals surface area contributed by atoms with Crippen LogP contribution in [0.4, 0.5) is 0 Å². The van der Waals surface area contributed by atoms with E-state index >= 15 is 0 Å². The van der Waals surface area contributed by atoms with Crippen LogP contribution in [-0.4, -0.2) is 9.55 Å². The van der Waals surface area contributed by atoms with E-state index in [2.05, 4.69) is 52.1 Å². The Kier molecular flexibility index (Phi) is 2.93. The number of rotatable bonds is 1. The summed E-state index contributed by atoms with van der Waals surface area (Å²) in [5.41, 5.74) is 2.31. The molecule has 3 heteroatoms. The van der Waals surface area contributed by atoms with Crippen molar-refractivity contribution in [2.45, 2.75) is 0 Å². The molecule has 0 amide bonds. The standard InChI is InChI=1S/C13H10N2.ClH/c1-2-6-13-11(4-1)7-9-15(13)12-5-3-8-14-10-12;/h1-10H;1H. The molecule has 0 aliphatic carbocycles. The molecule has 2 nitrogen and oxygen atoms in total. The van der Waals surface area contributed by atoms with Gasteiger partial charge in [-0.15, -0.1) is 12.4 Å². The van der Waals surface area contributed by atoms with Gasteiger partial charge in [-0.2, -0.15) is 0 Å². The summed E-state index contributed by atoms with van der Waals surface area (Å²) in [6, 6.07) is 14.4. The summed E-state index contributed by atoms with van der Waals surface area (Å²) in [5, 5.41) is 1.25. The van der Waals surface area contributed by atoms with Crippen molar-refractivity contribution in [1.29, 1.82) is 0 Å².